The molecule has 4 nitrogen and oxygen atoms in total. The number of hydrogen-bond acceptors (Lipinski definition) is 3. The first-order valence-electron chi connectivity index (χ1n) is 11.3. The first kappa shape index (κ1) is 20.4. The van der Waals surface area contributed by atoms with Gasteiger partial charge in [-0.3, -0.25) is 15.0 Å². The van der Waals surface area contributed by atoms with Crippen molar-refractivity contribution in [3.8, 4) is 0 Å². The second-order valence-corrected chi connectivity index (χ2v) is 8.42. The van der Waals surface area contributed by atoms with E-state index in [1.165, 1.54) is 0 Å². The first-order chi connectivity index (χ1) is 15.7. The van der Waals surface area contributed by atoms with Crippen molar-refractivity contribution in [2.24, 2.45) is 0 Å². The molecule has 0 spiro atoms. The first-order valence-corrected chi connectivity index (χ1v) is 11.3. The van der Waals surface area contributed by atoms with Crippen molar-refractivity contribution >= 4 is 21.5 Å². The Balaban J connectivity index is 1.71. The highest BCUT2D eigenvalue weighted by Crippen LogP contribution is 2.46. The highest BCUT2D eigenvalue weighted by molar-refractivity contribution is 5.88. The number of unbranched alkanes of at least 4 members (excludes halogenated alkanes) is 1. The van der Waals surface area contributed by atoms with Crippen molar-refractivity contribution in [2.75, 3.05) is 6.54 Å². The molecule has 0 fully saturated rings. The van der Waals surface area contributed by atoms with Gasteiger partial charge in [0.1, 0.15) is 6.04 Å². The summed E-state index contributed by atoms with van der Waals surface area (Å²) in [4.78, 5) is 14.4. The monoisotopic (exact) mass is 422 g/mol. The molecule has 0 unspecified atom stereocenters. The molecular weight excluding hydrogens is 396 g/mol. The van der Waals surface area contributed by atoms with Crippen LogP contribution in [0.25, 0.3) is 21.5 Å². The molecule has 4 heteroatoms. The molecule has 0 aromatic heterocycles. The van der Waals surface area contributed by atoms with E-state index in [4.69, 9.17) is 0 Å². The van der Waals surface area contributed by atoms with Crippen molar-refractivity contribution in [1.29, 1.82) is 0 Å². The van der Waals surface area contributed by atoms with Crippen LogP contribution in [0, 0.1) is 10.1 Å². The van der Waals surface area contributed by atoms with Crippen LogP contribution in [0.15, 0.2) is 96.7 Å². The molecule has 0 radical (unpaired) electrons. The van der Waals surface area contributed by atoms with Crippen molar-refractivity contribution < 1.29 is 4.92 Å². The minimum Gasteiger partial charge on any atom is -0.276 e. The molecule has 0 aliphatic carbocycles. The van der Waals surface area contributed by atoms with E-state index in [0.717, 1.165) is 52.1 Å². The molecule has 160 valence electrons. The summed E-state index contributed by atoms with van der Waals surface area (Å²) < 4.78 is 0. The topological polar surface area (TPSA) is 46.4 Å². The van der Waals surface area contributed by atoms with Gasteiger partial charge in [0.05, 0.1) is 11.0 Å². The maximum Gasteiger partial charge on any atom is 0.265 e. The fraction of sp³-hybridized carbons (Fsp3) is 0.214. The zero-order valence-corrected chi connectivity index (χ0v) is 18.1. The van der Waals surface area contributed by atoms with Crippen molar-refractivity contribution in [3.05, 3.63) is 118 Å². The molecule has 0 saturated carbocycles. The maximum atomic E-state index is 12.3. The molecular formula is C28H26N2O2. The third kappa shape index (κ3) is 3.47. The van der Waals surface area contributed by atoms with Gasteiger partial charge >= 0.3 is 0 Å². The lowest BCUT2D eigenvalue weighted by molar-refractivity contribution is -0.431. The molecule has 5 rings (SSSR count). The lowest BCUT2D eigenvalue weighted by Gasteiger charge is -2.31. The van der Waals surface area contributed by atoms with E-state index in [-0.39, 0.29) is 22.7 Å². The van der Waals surface area contributed by atoms with Crippen LogP contribution in [-0.2, 0) is 0 Å². The highest BCUT2D eigenvalue weighted by Gasteiger charge is 2.43. The normalized spacial score (nSPS) is 18.8. The van der Waals surface area contributed by atoms with E-state index in [9.17, 15) is 10.1 Å². The maximum absolute atomic E-state index is 12.3. The molecule has 1 heterocycles. The minimum absolute atomic E-state index is 0.142. The van der Waals surface area contributed by atoms with E-state index < -0.39 is 0 Å². The van der Waals surface area contributed by atoms with Gasteiger partial charge in [-0.15, -0.1) is 0 Å². The standard InChI is InChI=1S/C28H26N2O2/c1-2-3-18-29-26(24-16-8-12-20-10-4-6-14-22(20)24)19-27(30(31)32)28(29)25-17-9-13-21-11-5-7-15-23(21)25/h4-17,19,26,28H,2-3,18H2,1H3/t26-,28+/m0/s1. The van der Waals surface area contributed by atoms with Crippen LogP contribution in [0.5, 0.6) is 0 Å². The largest absolute Gasteiger partial charge is 0.276 e. The van der Waals surface area contributed by atoms with Crippen LogP contribution in [-0.4, -0.2) is 16.4 Å². The van der Waals surface area contributed by atoms with Gasteiger partial charge in [0.15, 0.2) is 0 Å². The Morgan fingerprint density at radius 1 is 0.812 bits per heavy atom. The minimum atomic E-state index is -0.383. The van der Waals surface area contributed by atoms with Crippen LogP contribution in [0.1, 0.15) is 43.0 Å². The third-order valence-corrected chi connectivity index (χ3v) is 6.54. The van der Waals surface area contributed by atoms with Gasteiger partial charge in [0.2, 0.25) is 0 Å². The molecule has 1 aliphatic heterocycles. The quantitative estimate of drug-likeness (QED) is 0.247. The summed E-state index contributed by atoms with van der Waals surface area (Å²) in [6.07, 6.45) is 3.90. The van der Waals surface area contributed by atoms with E-state index in [0.29, 0.717) is 0 Å². The summed E-state index contributed by atoms with van der Waals surface area (Å²) in [5.74, 6) is 0. The van der Waals surface area contributed by atoms with Gasteiger partial charge in [-0.25, -0.2) is 0 Å². The van der Waals surface area contributed by atoms with Gasteiger partial charge < -0.3 is 0 Å². The summed E-state index contributed by atoms with van der Waals surface area (Å²) in [7, 11) is 0. The molecule has 4 aromatic rings. The number of hydrogen-bond donors (Lipinski definition) is 0. The lowest BCUT2D eigenvalue weighted by Crippen LogP contribution is -2.30. The molecule has 32 heavy (non-hydrogen) atoms. The fourth-order valence-electron chi connectivity index (χ4n) is 5.05. The van der Waals surface area contributed by atoms with Crippen LogP contribution < -0.4 is 0 Å². The molecule has 1 aliphatic rings. The van der Waals surface area contributed by atoms with E-state index >= 15 is 0 Å². The average molecular weight is 423 g/mol. The van der Waals surface area contributed by atoms with E-state index in [1.54, 1.807) is 0 Å². The van der Waals surface area contributed by atoms with Crippen LogP contribution in [0.2, 0.25) is 0 Å². The Labute approximate surface area is 187 Å². The molecule has 0 bridgehead atoms. The number of nitro groups is 1. The van der Waals surface area contributed by atoms with Crippen molar-refractivity contribution in [3.63, 3.8) is 0 Å². The Bertz CT molecular complexity index is 1320. The Kier molecular flexibility index (Phi) is 5.46. The summed E-state index contributed by atoms with van der Waals surface area (Å²) in [5, 5.41) is 16.8. The second-order valence-electron chi connectivity index (χ2n) is 8.42. The lowest BCUT2D eigenvalue weighted by atomic mass is 9.96. The fourth-order valence-corrected chi connectivity index (χ4v) is 5.05. The smallest absolute Gasteiger partial charge is 0.265 e. The summed E-state index contributed by atoms with van der Waals surface area (Å²) in [6.45, 7) is 2.96. The summed E-state index contributed by atoms with van der Waals surface area (Å²) in [6, 6.07) is 28.3. The second kappa shape index (κ2) is 8.56. The van der Waals surface area contributed by atoms with Crippen LogP contribution >= 0.6 is 0 Å². The Morgan fingerprint density at radius 3 is 2.00 bits per heavy atom. The predicted octanol–water partition coefficient (Wildman–Crippen LogP) is 7.05. The number of rotatable bonds is 6. The van der Waals surface area contributed by atoms with Gasteiger partial charge in [-0.2, -0.15) is 0 Å². The predicted molar refractivity (Wildman–Crippen MR) is 130 cm³/mol. The van der Waals surface area contributed by atoms with Crippen LogP contribution in [0.3, 0.4) is 0 Å². The zero-order chi connectivity index (χ0) is 22.1. The van der Waals surface area contributed by atoms with E-state index in [1.807, 2.05) is 36.4 Å². The van der Waals surface area contributed by atoms with Gasteiger partial charge in [-0.1, -0.05) is 98.3 Å². The zero-order valence-electron chi connectivity index (χ0n) is 18.1. The Morgan fingerprint density at radius 2 is 1.38 bits per heavy atom. The van der Waals surface area contributed by atoms with Crippen molar-refractivity contribution in [2.45, 2.75) is 31.8 Å². The number of benzene rings is 4. The molecule has 0 amide bonds. The van der Waals surface area contributed by atoms with Crippen molar-refractivity contribution in [1.82, 2.24) is 4.90 Å². The average Bonchev–Trinajstić information content (AvgIpc) is 3.21. The molecule has 4 aromatic carbocycles. The summed E-state index contributed by atoms with van der Waals surface area (Å²) >= 11 is 0. The number of nitrogens with zero attached hydrogens (tertiary/aromatic N) is 2. The molecule has 0 N–H and O–H groups in total. The van der Waals surface area contributed by atoms with Gasteiger partial charge in [0.25, 0.3) is 5.70 Å². The SMILES string of the molecule is CCCCN1[C@H](c2cccc3ccccc23)C=C([N+](=O)[O-])[C@H]1c1cccc2ccccc12. The number of fused-ring (bicyclic) bond motifs is 2. The highest BCUT2D eigenvalue weighted by atomic mass is 16.6. The van der Waals surface area contributed by atoms with E-state index in [2.05, 4.69) is 66.4 Å². The molecule has 0 saturated heterocycles. The molecule has 2 atom stereocenters. The third-order valence-electron chi connectivity index (χ3n) is 6.54. The summed E-state index contributed by atoms with van der Waals surface area (Å²) in [5.41, 5.74) is 2.40. The Hall–Kier alpha value is -3.50. The van der Waals surface area contributed by atoms with Gasteiger partial charge in [0, 0.05) is 12.6 Å². The van der Waals surface area contributed by atoms with Crippen LogP contribution in [0.4, 0.5) is 0 Å². The van der Waals surface area contributed by atoms with Gasteiger partial charge in [-0.05, 0) is 39.1 Å².